The second-order valence-electron chi connectivity index (χ2n) is 8.02. The maximum absolute atomic E-state index is 12.2. The van der Waals surface area contributed by atoms with Crippen LogP contribution in [0.5, 0.6) is 11.5 Å². The number of alkyl carbamates (subject to hydrolysis) is 1. The number of nitrogens with zero attached hydrogens (tertiary/aromatic N) is 2. The smallest absolute Gasteiger partial charge is 0.407 e. The molecule has 174 valence electrons. The molecule has 1 aliphatic carbocycles. The van der Waals surface area contributed by atoms with Crippen LogP contribution in [-0.2, 0) is 9.53 Å². The summed E-state index contributed by atoms with van der Waals surface area (Å²) in [6.45, 7) is 3.26. The lowest BCUT2D eigenvalue weighted by Crippen LogP contribution is -2.33. The van der Waals surface area contributed by atoms with E-state index in [-0.39, 0.29) is 34.9 Å². The predicted octanol–water partition coefficient (Wildman–Crippen LogP) is 2.59. The summed E-state index contributed by atoms with van der Waals surface area (Å²) < 4.78 is 10.8. The lowest BCUT2D eigenvalue weighted by Gasteiger charge is -2.14. The van der Waals surface area contributed by atoms with Gasteiger partial charge in [0, 0.05) is 23.7 Å². The summed E-state index contributed by atoms with van der Waals surface area (Å²) >= 11 is 0. The van der Waals surface area contributed by atoms with Crippen LogP contribution in [0.25, 0.3) is 0 Å². The Bertz CT molecular complexity index is 1070. The number of benzene rings is 1. The number of H-pyrrole nitrogens is 1. The SMILES string of the molecule is CC(C)NC(=O)O[C@@H]1CC[C@H](c2cc(NC(=O)COc3cc(C#N)cc(O)c3C=O)n[nH]2)C1. The average molecular weight is 455 g/mol. The van der Waals surface area contributed by atoms with Crippen LogP contribution >= 0.6 is 0 Å². The first kappa shape index (κ1) is 23.6. The molecule has 1 aliphatic rings. The second-order valence-corrected chi connectivity index (χ2v) is 8.02. The number of nitriles is 1. The molecule has 0 bridgehead atoms. The summed E-state index contributed by atoms with van der Waals surface area (Å²) in [6.07, 6.45) is 1.96. The fourth-order valence-electron chi connectivity index (χ4n) is 3.60. The fraction of sp³-hybridized carbons (Fsp3) is 0.409. The summed E-state index contributed by atoms with van der Waals surface area (Å²) in [7, 11) is 0. The molecule has 4 N–H and O–H groups in total. The molecule has 33 heavy (non-hydrogen) atoms. The van der Waals surface area contributed by atoms with E-state index in [1.54, 1.807) is 6.07 Å². The van der Waals surface area contributed by atoms with Crippen molar-refractivity contribution in [1.29, 1.82) is 5.26 Å². The van der Waals surface area contributed by atoms with Crippen LogP contribution in [0.3, 0.4) is 0 Å². The number of hydrogen-bond acceptors (Lipinski definition) is 8. The zero-order valence-corrected chi connectivity index (χ0v) is 18.3. The van der Waals surface area contributed by atoms with E-state index >= 15 is 0 Å². The van der Waals surface area contributed by atoms with Crippen LogP contribution in [0.4, 0.5) is 10.6 Å². The van der Waals surface area contributed by atoms with E-state index in [2.05, 4.69) is 20.8 Å². The zero-order chi connectivity index (χ0) is 24.0. The van der Waals surface area contributed by atoms with Gasteiger partial charge in [-0.2, -0.15) is 10.4 Å². The van der Waals surface area contributed by atoms with Gasteiger partial charge in [0.1, 0.15) is 17.6 Å². The second kappa shape index (κ2) is 10.5. The Labute approximate surface area is 190 Å². The first-order valence-electron chi connectivity index (χ1n) is 10.5. The van der Waals surface area contributed by atoms with Gasteiger partial charge in [-0.15, -0.1) is 0 Å². The number of aromatic hydroxyl groups is 1. The number of aldehydes is 1. The number of ether oxygens (including phenoxy) is 2. The molecule has 1 aromatic carbocycles. The number of hydrogen-bond donors (Lipinski definition) is 4. The van der Waals surface area contributed by atoms with Crippen LogP contribution in [0.1, 0.15) is 60.6 Å². The van der Waals surface area contributed by atoms with Gasteiger partial charge in [0.15, 0.2) is 18.7 Å². The van der Waals surface area contributed by atoms with Crippen molar-refractivity contribution in [2.45, 2.75) is 51.2 Å². The lowest BCUT2D eigenvalue weighted by molar-refractivity contribution is -0.118. The molecule has 11 heteroatoms. The van der Waals surface area contributed by atoms with Crippen LogP contribution < -0.4 is 15.4 Å². The van der Waals surface area contributed by atoms with Crippen molar-refractivity contribution in [3.05, 3.63) is 35.0 Å². The van der Waals surface area contributed by atoms with Gasteiger partial charge >= 0.3 is 6.09 Å². The van der Waals surface area contributed by atoms with Gasteiger partial charge in [0.2, 0.25) is 0 Å². The minimum Gasteiger partial charge on any atom is -0.507 e. The highest BCUT2D eigenvalue weighted by atomic mass is 16.6. The van der Waals surface area contributed by atoms with Gasteiger partial charge in [-0.25, -0.2) is 4.79 Å². The van der Waals surface area contributed by atoms with E-state index in [0.29, 0.717) is 18.5 Å². The Morgan fingerprint density at radius 2 is 2.15 bits per heavy atom. The van der Waals surface area contributed by atoms with Gasteiger partial charge < -0.3 is 25.2 Å². The number of anilines is 1. The predicted molar refractivity (Wildman–Crippen MR) is 116 cm³/mol. The molecule has 2 atom stereocenters. The summed E-state index contributed by atoms with van der Waals surface area (Å²) in [4.78, 5) is 35.2. The Kier molecular flexibility index (Phi) is 7.50. The molecule has 0 spiro atoms. The summed E-state index contributed by atoms with van der Waals surface area (Å²) in [5.74, 6) is -0.604. The topological polar surface area (TPSA) is 166 Å². The lowest BCUT2D eigenvalue weighted by atomic mass is 10.0. The Morgan fingerprint density at radius 1 is 1.36 bits per heavy atom. The molecule has 3 rings (SSSR count). The van der Waals surface area contributed by atoms with Crippen LogP contribution in [0, 0.1) is 11.3 Å². The molecule has 1 fully saturated rings. The molecule has 1 aromatic heterocycles. The highest BCUT2D eigenvalue weighted by Gasteiger charge is 2.30. The number of carbonyl (C=O) groups excluding carboxylic acids is 3. The van der Waals surface area contributed by atoms with Gasteiger partial charge in [0.05, 0.1) is 17.2 Å². The largest absolute Gasteiger partial charge is 0.507 e. The van der Waals surface area contributed by atoms with Crippen molar-refractivity contribution < 1.29 is 29.0 Å². The first-order chi connectivity index (χ1) is 15.8. The first-order valence-corrected chi connectivity index (χ1v) is 10.5. The number of nitrogens with one attached hydrogen (secondary N) is 3. The van der Waals surface area contributed by atoms with E-state index in [0.717, 1.165) is 24.6 Å². The minimum absolute atomic E-state index is 0.00320. The molecule has 1 saturated carbocycles. The Balaban J connectivity index is 1.53. The molecule has 1 heterocycles. The van der Waals surface area contributed by atoms with Crippen molar-refractivity contribution in [1.82, 2.24) is 15.5 Å². The molecule has 11 nitrogen and oxygen atoms in total. The standard InChI is InChI=1S/C22H25N5O6/c1-12(2)24-22(31)33-15-4-3-14(7-15)17-8-20(27-26-17)25-21(30)11-32-19-6-13(9-23)5-18(29)16(19)10-28/h5-6,8,10,12,14-15,29H,3-4,7,11H2,1-2H3,(H,24,31)(H2,25,26,27,30)/t14-,15+/m0/s1. The van der Waals surface area contributed by atoms with Crippen LogP contribution in [-0.4, -0.2) is 52.3 Å². The van der Waals surface area contributed by atoms with E-state index in [4.69, 9.17) is 14.7 Å². The van der Waals surface area contributed by atoms with Crippen molar-refractivity contribution >= 4 is 24.1 Å². The number of amides is 2. The quantitative estimate of drug-likeness (QED) is 0.441. The summed E-state index contributed by atoms with van der Waals surface area (Å²) in [5, 5.41) is 31.1. The molecule has 0 unspecified atom stereocenters. The minimum atomic E-state index is -0.537. The van der Waals surface area contributed by atoms with E-state index < -0.39 is 24.4 Å². The van der Waals surface area contributed by atoms with Gasteiger partial charge in [-0.3, -0.25) is 14.7 Å². The molecule has 0 saturated heterocycles. The monoisotopic (exact) mass is 455 g/mol. The Hall–Kier alpha value is -4.07. The van der Waals surface area contributed by atoms with Crippen molar-refractivity contribution in [3.63, 3.8) is 0 Å². The van der Waals surface area contributed by atoms with Crippen LogP contribution in [0.15, 0.2) is 18.2 Å². The fourth-order valence-corrected chi connectivity index (χ4v) is 3.60. The van der Waals surface area contributed by atoms with Crippen molar-refractivity contribution in [3.8, 4) is 17.6 Å². The molecule has 2 aromatic rings. The highest BCUT2D eigenvalue weighted by Crippen LogP contribution is 2.36. The molecule has 2 amide bonds. The number of carbonyl (C=O) groups is 3. The molecular weight excluding hydrogens is 430 g/mol. The number of phenolic OH excluding ortho intramolecular Hbond substituents is 1. The van der Waals surface area contributed by atoms with Crippen LogP contribution in [0.2, 0.25) is 0 Å². The van der Waals surface area contributed by atoms with E-state index in [1.807, 2.05) is 19.9 Å². The number of phenols is 1. The molecule has 0 aliphatic heterocycles. The number of rotatable bonds is 8. The van der Waals surface area contributed by atoms with Crippen molar-refractivity contribution in [2.24, 2.45) is 0 Å². The number of aromatic nitrogens is 2. The van der Waals surface area contributed by atoms with Gasteiger partial charge in [-0.05, 0) is 45.2 Å². The zero-order valence-electron chi connectivity index (χ0n) is 18.3. The van der Waals surface area contributed by atoms with E-state index in [1.165, 1.54) is 6.07 Å². The third-order valence-electron chi connectivity index (χ3n) is 5.10. The Morgan fingerprint density at radius 3 is 2.85 bits per heavy atom. The maximum atomic E-state index is 12.2. The van der Waals surface area contributed by atoms with E-state index in [9.17, 15) is 19.5 Å². The van der Waals surface area contributed by atoms with Crippen molar-refractivity contribution in [2.75, 3.05) is 11.9 Å². The third-order valence-corrected chi connectivity index (χ3v) is 5.10. The normalized spacial score (nSPS) is 17.3. The third kappa shape index (κ3) is 6.22. The van der Waals surface area contributed by atoms with Gasteiger partial charge in [0.25, 0.3) is 5.91 Å². The summed E-state index contributed by atoms with van der Waals surface area (Å²) in [5.41, 5.74) is 0.756. The number of aromatic amines is 1. The van der Waals surface area contributed by atoms with Gasteiger partial charge in [-0.1, -0.05) is 0 Å². The highest BCUT2D eigenvalue weighted by molar-refractivity contribution is 5.91. The average Bonchev–Trinajstić information content (AvgIpc) is 3.40. The molecular formula is C22H25N5O6. The summed E-state index contributed by atoms with van der Waals surface area (Å²) in [6, 6.07) is 5.95. The molecule has 0 radical (unpaired) electrons. The maximum Gasteiger partial charge on any atom is 0.407 e.